The lowest BCUT2D eigenvalue weighted by Gasteiger charge is -2.31. The van der Waals surface area contributed by atoms with Crippen LogP contribution in [0, 0.1) is 16.7 Å². The quantitative estimate of drug-likeness (QED) is 0.556. The van der Waals surface area contributed by atoms with E-state index < -0.39 is 0 Å². The third-order valence-corrected chi connectivity index (χ3v) is 8.98. The van der Waals surface area contributed by atoms with Gasteiger partial charge in [0.1, 0.15) is 18.1 Å². The number of hydrogen-bond donors (Lipinski definition) is 1. The second-order valence-electron chi connectivity index (χ2n) is 10.1. The zero-order valence-electron chi connectivity index (χ0n) is 19.7. The zero-order chi connectivity index (χ0) is 23.8. The molecule has 8 heteroatoms. The largest absolute Gasteiger partial charge is 0.490 e. The van der Waals surface area contributed by atoms with Crippen molar-refractivity contribution in [2.75, 3.05) is 26.2 Å². The molecule has 178 valence electrons. The van der Waals surface area contributed by atoms with E-state index in [9.17, 15) is 9.59 Å². The first kappa shape index (κ1) is 24.0. The maximum absolute atomic E-state index is 13.0. The second kappa shape index (κ2) is 9.26. The van der Waals surface area contributed by atoms with E-state index in [0.717, 1.165) is 30.9 Å². The van der Waals surface area contributed by atoms with Gasteiger partial charge in [-0.2, -0.15) is 0 Å². The summed E-state index contributed by atoms with van der Waals surface area (Å²) in [5.41, 5.74) is 0.570. The molecular formula is C25H32ClN3O3S. The lowest BCUT2D eigenvalue weighted by Crippen LogP contribution is -2.40. The van der Waals surface area contributed by atoms with Crippen LogP contribution >= 0.6 is 22.9 Å². The number of nitrogens with one attached hydrogen (secondary N) is 1. The molecule has 0 bridgehead atoms. The number of hydrogen-bond acceptors (Lipinski definition) is 5. The molecule has 4 rings (SSSR count). The molecule has 2 aliphatic rings. The molecule has 33 heavy (non-hydrogen) atoms. The number of ether oxygens (including phenoxy) is 1. The molecule has 6 nitrogen and oxygen atoms in total. The van der Waals surface area contributed by atoms with Crippen LogP contribution < -0.4 is 10.1 Å². The Morgan fingerprint density at radius 3 is 2.48 bits per heavy atom. The van der Waals surface area contributed by atoms with E-state index in [2.05, 4.69) is 38.0 Å². The number of carbonyl (C=O) groups excluding carboxylic acids is 2. The van der Waals surface area contributed by atoms with Gasteiger partial charge in [0.25, 0.3) is 5.91 Å². The number of likely N-dealkylation sites (tertiary alicyclic amines) is 1. The number of aromatic nitrogens is 1. The summed E-state index contributed by atoms with van der Waals surface area (Å²) in [7, 11) is 0. The van der Waals surface area contributed by atoms with Crippen molar-refractivity contribution in [2.45, 2.75) is 46.5 Å². The van der Waals surface area contributed by atoms with Crippen molar-refractivity contribution < 1.29 is 14.3 Å². The number of para-hydroxylation sites is 1. The lowest BCUT2D eigenvalue weighted by molar-refractivity contribution is -0.134. The van der Waals surface area contributed by atoms with Gasteiger partial charge >= 0.3 is 0 Å². The van der Waals surface area contributed by atoms with E-state index >= 15 is 0 Å². The van der Waals surface area contributed by atoms with Gasteiger partial charge in [0.05, 0.1) is 16.6 Å². The molecule has 1 aliphatic carbocycles. The molecule has 1 aromatic heterocycles. The summed E-state index contributed by atoms with van der Waals surface area (Å²) >= 11 is 7.59. The molecule has 2 aromatic rings. The van der Waals surface area contributed by atoms with E-state index in [4.69, 9.17) is 16.3 Å². The number of carbonyl (C=O) groups is 2. The van der Waals surface area contributed by atoms with E-state index in [1.807, 2.05) is 22.4 Å². The number of rotatable bonds is 7. The average molecular weight is 490 g/mol. The number of piperidine rings is 1. The van der Waals surface area contributed by atoms with E-state index in [1.165, 1.54) is 11.3 Å². The highest BCUT2D eigenvalue weighted by molar-refractivity contribution is 7.09. The third-order valence-electron chi connectivity index (χ3n) is 7.66. The Morgan fingerprint density at radius 2 is 1.85 bits per heavy atom. The molecule has 0 unspecified atom stereocenters. The van der Waals surface area contributed by atoms with Crippen LogP contribution in [-0.2, 0) is 4.79 Å². The van der Waals surface area contributed by atoms with Crippen LogP contribution in [-0.4, -0.2) is 47.9 Å². The number of amides is 2. The summed E-state index contributed by atoms with van der Waals surface area (Å²) in [6.45, 7) is 11.0. The Kier molecular flexibility index (Phi) is 6.74. The predicted octanol–water partition coefficient (Wildman–Crippen LogP) is 4.99. The zero-order valence-corrected chi connectivity index (χ0v) is 21.3. The van der Waals surface area contributed by atoms with Gasteiger partial charge in [-0.3, -0.25) is 9.59 Å². The van der Waals surface area contributed by atoms with Gasteiger partial charge in [0, 0.05) is 30.3 Å². The lowest BCUT2D eigenvalue weighted by atomic mass is 9.96. The minimum atomic E-state index is -0.203. The van der Waals surface area contributed by atoms with Crippen molar-refractivity contribution in [1.82, 2.24) is 15.2 Å². The number of nitrogens with zero attached hydrogens (tertiary/aromatic N) is 2. The van der Waals surface area contributed by atoms with Gasteiger partial charge in [-0.25, -0.2) is 4.98 Å². The fraction of sp³-hybridized carbons (Fsp3) is 0.560. The Balaban J connectivity index is 1.23. The van der Waals surface area contributed by atoms with Gasteiger partial charge in [-0.05, 0) is 35.8 Å². The molecule has 1 saturated heterocycles. The van der Waals surface area contributed by atoms with Crippen LogP contribution in [0.25, 0.3) is 0 Å². The van der Waals surface area contributed by atoms with E-state index in [1.54, 1.807) is 12.1 Å². The maximum atomic E-state index is 13.0. The van der Waals surface area contributed by atoms with Gasteiger partial charge in [0.15, 0.2) is 0 Å². The van der Waals surface area contributed by atoms with Gasteiger partial charge in [0.2, 0.25) is 5.91 Å². The van der Waals surface area contributed by atoms with Crippen molar-refractivity contribution in [3.8, 4) is 5.75 Å². The summed E-state index contributed by atoms with van der Waals surface area (Å²) in [6.07, 6.45) is 1.78. The van der Waals surface area contributed by atoms with Crippen LogP contribution in [0.15, 0.2) is 29.6 Å². The van der Waals surface area contributed by atoms with Gasteiger partial charge < -0.3 is 15.0 Å². The minimum absolute atomic E-state index is 0.0664. The topological polar surface area (TPSA) is 71.5 Å². The molecule has 2 fully saturated rings. The summed E-state index contributed by atoms with van der Waals surface area (Å²) in [5.74, 6) is 1.10. The third kappa shape index (κ3) is 4.76. The second-order valence-corrected chi connectivity index (χ2v) is 11.4. The molecule has 1 aromatic carbocycles. The fourth-order valence-corrected chi connectivity index (χ4v) is 6.06. The summed E-state index contributed by atoms with van der Waals surface area (Å²) < 4.78 is 5.60. The first-order valence-corrected chi connectivity index (χ1v) is 12.8. The van der Waals surface area contributed by atoms with Crippen molar-refractivity contribution >= 4 is 34.8 Å². The smallest absolute Gasteiger partial charge is 0.270 e. The molecule has 1 N–H and O–H groups in total. The Morgan fingerprint density at radius 1 is 1.18 bits per heavy atom. The van der Waals surface area contributed by atoms with Crippen LogP contribution in [0.1, 0.15) is 62.0 Å². The van der Waals surface area contributed by atoms with E-state index in [0.29, 0.717) is 41.4 Å². The van der Waals surface area contributed by atoms with Crippen LogP contribution in [0.4, 0.5) is 0 Å². The SMILES string of the molecule is CC1(C)C(C(=O)N2CCC(c3nc(C(=O)NCCOc4ccccc4Cl)cs3)CC2)C1(C)C. The molecular weight excluding hydrogens is 458 g/mol. The highest BCUT2D eigenvalue weighted by Gasteiger charge is 2.68. The maximum Gasteiger partial charge on any atom is 0.270 e. The van der Waals surface area contributed by atoms with Crippen molar-refractivity contribution in [1.29, 1.82) is 0 Å². The van der Waals surface area contributed by atoms with Crippen LogP contribution in [0.5, 0.6) is 5.75 Å². The van der Waals surface area contributed by atoms with Crippen LogP contribution in [0.2, 0.25) is 5.02 Å². The van der Waals surface area contributed by atoms with Crippen LogP contribution in [0.3, 0.4) is 0 Å². The molecule has 1 aliphatic heterocycles. The van der Waals surface area contributed by atoms with Crippen molar-refractivity contribution in [2.24, 2.45) is 16.7 Å². The van der Waals surface area contributed by atoms with Crippen molar-refractivity contribution in [3.63, 3.8) is 0 Å². The molecule has 1 saturated carbocycles. The summed E-state index contributed by atoms with van der Waals surface area (Å²) in [5, 5.41) is 6.18. The number of thiazole rings is 1. The Bertz CT molecular complexity index is 1010. The molecule has 2 heterocycles. The highest BCUT2D eigenvalue weighted by Crippen LogP contribution is 2.68. The first-order valence-electron chi connectivity index (χ1n) is 11.5. The summed E-state index contributed by atoms with van der Waals surface area (Å²) in [6, 6.07) is 7.25. The standard InChI is InChI=1S/C25H32ClN3O3S/c1-24(2)20(25(24,3)4)23(31)29-12-9-16(10-13-29)22-28-18(15-33-22)21(30)27-11-14-32-19-8-6-5-7-17(19)26/h5-8,15-16,20H,9-14H2,1-4H3,(H,27,30). The molecule has 0 spiro atoms. The number of benzene rings is 1. The monoisotopic (exact) mass is 489 g/mol. The van der Waals surface area contributed by atoms with Gasteiger partial charge in [-0.15, -0.1) is 11.3 Å². The first-order chi connectivity index (χ1) is 15.6. The van der Waals surface area contributed by atoms with Gasteiger partial charge in [-0.1, -0.05) is 51.4 Å². The molecule has 0 radical (unpaired) electrons. The van der Waals surface area contributed by atoms with Crippen molar-refractivity contribution in [3.05, 3.63) is 45.4 Å². The molecule has 0 atom stereocenters. The normalized spacial score (nSPS) is 19.8. The average Bonchev–Trinajstić information content (AvgIpc) is 3.12. The van der Waals surface area contributed by atoms with E-state index in [-0.39, 0.29) is 22.7 Å². The Hall–Kier alpha value is -2.12. The summed E-state index contributed by atoms with van der Waals surface area (Å²) in [4.78, 5) is 32.1. The predicted molar refractivity (Wildman–Crippen MR) is 131 cm³/mol. The highest BCUT2D eigenvalue weighted by atomic mass is 35.5. The minimum Gasteiger partial charge on any atom is -0.490 e. The molecule has 2 amide bonds. The fourth-order valence-electron chi connectivity index (χ4n) is 4.90. The Labute approximate surface area is 204 Å². The number of halogens is 1.